The number of rotatable bonds is 8. The van der Waals surface area contributed by atoms with Crippen molar-refractivity contribution in [3.05, 3.63) is 59.9 Å². The summed E-state index contributed by atoms with van der Waals surface area (Å²) in [6.07, 6.45) is 1.74. The van der Waals surface area contributed by atoms with E-state index in [0.29, 0.717) is 30.4 Å². The second kappa shape index (κ2) is 12.0. The van der Waals surface area contributed by atoms with Gasteiger partial charge < -0.3 is 15.4 Å². The highest BCUT2D eigenvalue weighted by atomic mass is 127. The van der Waals surface area contributed by atoms with Gasteiger partial charge in [-0.3, -0.25) is 4.99 Å². The van der Waals surface area contributed by atoms with Crippen LogP contribution < -0.4 is 15.4 Å². The van der Waals surface area contributed by atoms with Crippen molar-refractivity contribution in [3.8, 4) is 11.5 Å². The maximum Gasteiger partial charge on any atom is 0.191 e. The van der Waals surface area contributed by atoms with E-state index in [1.807, 2.05) is 31.2 Å². The standard InChI is InChI=1S/C20H26FN3O3S.HI/c1-15(12-13-28(3,25)26)24-20(22-2)23-14-16-4-8-18(9-5-16)27-19-10-6-17(21)7-11-19;/h4-11,15H,12-14H2,1-3H3,(H2,22,23,24);1H. The van der Waals surface area contributed by atoms with Crippen LogP contribution in [0.25, 0.3) is 0 Å². The number of nitrogens with one attached hydrogen (secondary N) is 2. The molecule has 0 heterocycles. The zero-order valence-corrected chi connectivity index (χ0v) is 19.8. The number of halogens is 2. The van der Waals surface area contributed by atoms with Crippen LogP contribution >= 0.6 is 24.0 Å². The van der Waals surface area contributed by atoms with E-state index in [1.54, 1.807) is 19.2 Å². The first-order valence-corrected chi connectivity index (χ1v) is 11.0. The van der Waals surface area contributed by atoms with Crippen LogP contribution in [0.4, 0.5) is 4.39 Å². The first-order valence-electron chi connectivity index (χ1n) is 8.92. The molecule has 0 radical (unpaired) electrons. The summed E-state index contributed by atoms with van der Waals surface area (Å²) in [6.45, 7) is 2.47. The van der Waals surface area contributed by atoms with E-state index in [4.69, 9.17) is 4.74 Å². The van der Waals surface area contributed by atoms with Gasteiger partial charge in [0.15, 0.2) is 5.96 Å². The maximum atomic E-state index is 12.9. The third kappa shape index (κ3) is 9.93. The molecule has 0 bridgehead atoms. The molecule has 0 spiro atoms. The Hall–Kier alpha value is -1.88. The van der Waals surface area contributed by atoms with Crippen molar-refractivity contribution >= 4 is 39.8 Å². The molecule has 2 aromatic rings. The SMILES string of the molecule is CN=C(NCc1ccc(Oc2ccc(F)cc2)cc1)NC(C)CCS(C)(=O)=O.I. The fourth-order valence-corrected chi connectivity index (χ4v) is 3.17. The second-order valence-corrected chi connectivity index (χ2v) is 8.85. The minimum atomic E-state index is -2.98. The number of nitrogens with zero attached hydrogens (tertiary/aromatic N) is 1. The number of aliphatic imine (C=N–C) groups is 1. The Labute approximate surface area is 188 Å². The first-order chi connectivity index (χ1) is 13.2. The van der Waals surface area contributed by atoms with Crippen molar-refractivity contribution in [1.82, 2.24) is 10.6 Å². The van der Waals surface area contributed by atoms with Gasteiger partial charge in [0.25, 0.3) is 0 Å². The van der Waals surface area contributed by atoms with E-state index in [9.17, 15) is 12.8 Å². The molecular formula is C20H27FIN3O3S. The normalized spacial score (nSPS) is 12.6. The Kier molecular flexibility index (Phi) is 10.4. The Morgan fingerprint density at radius 2 is 1.66 bits per heavy atom. The first kappa shape index (κ1) is 25.2. The van der Waals surface area contributed by atoms with Gasteiger partial charge in [-0.25, -0.2) is 12.8 Å². The summed E-state index contributed by atoms with van der Waals surface area (Å²) >= 11 is 0. The van der Waals surface area contributed by atoms with Gasteiger partial charge in [-0.15, -0.1) is 24.0 Å². The Morgan fingerprint density at radius 3 is 2.17 bits per heavy atom. The maximum absolute atomic E-state index is 12.9. The molecule has 1 unspecified atom stereocenters. The molecule has 2 aromatic carbocycles. The van der Waals surface area contributed by atoms with E-state index >= 15 is 0 Å². The van der Waals surface area contributed by atoms with Gasteiger partial charge in [-0.2, -0.15) is 0 Å². The molecular weight excluding hydrogens is 508 g/mol. The minimum absolute atomic E-state index is 0. The lowest BCUT2D eigenvalue weighted by Crippen LogP contribution is -2.42. The van der Waals surface area contributed by atoms with E-state index in [2.05, 4.69) is 15.6 Å². The Morgan fingerprint density at radius 1 is 1.10 bits per heavy atom. The van der Waals surface area contributed by atoms with Crippen LogP contribution in [-0.2, 0) is 16.4 Å². The van der Waals surface area contributed by atoms with Crippen molar-refractivity contribution in [2.75, 3.05) is 19.1 Å². The molecule has 2 N–H and O–H groups in total. The predicted molar refractivity (Wildman–Crippen MR) is 125 cm³/mol. The van der Waals surface area contributed by atoms with Crippen molar-refractivity contribution in [1.29, 1.82) is 0 Å². The van der Waals surface area contributed by atoms with E-state index in [1.165, 1.54) is 18.4 Å². The monoisotopic (exact) mass is 535 g/mol. The number of hydrogen-bond acceptors (Lipinski definition) is 4. The molecule has 0 fully saturated rings. The molecule has 9 heteroatoms. The van der Waals surface area contributed by atoms with Crippen LogP contribution in [0.2, 0.25) is 0 Å². The zero-order valence-electron chi connectivity index (χ0n) is 16.7. The van der Waals surface area contributed by atoms with E-state index in [0.717, 1.165) is 5.56 Å². The molecule has 0 aromatic heterocycles. The predicted octanol–water partition coefficient (Wildman–Crippen LogP) is 3.72. The van der Waals surface area contributed by atoms with Crippen molar-refractivity contribution < 1.29 is 17.5 Å². The number of guanidine groups is 1. The van der Waals surface area contributed by atoms with Gasteiger partial charge in [-0.05, 0) is 55.3 Å². The molecule has 0 saturated carbocycles. The summed E-state index contributed by atoms with van der Waals surface area (Å²) in [4.78, 5) is 4.16. The number of hydrogen-bond donors (Lipinski definition) is 2. The van der Waals surface area contributed by atoms with Crippen molar-refractivity contribution in [3.63, 3.8) is 0 Å². The average molecular weight is 535 g/mol. The summed E-state index contributed by atoms with van der Waals surface area (Å²) in [5.74, 6) is 1.66. The van der Waals surface area contributed by atoms with E-state index < -0.39 is 9.84 Å². The van der Waals surface area contributed by atoms with Gasteiger partial charge >= 0.3 is 0 Å². The molecule has 0 aliphatic heterocycles. The zero-order chi connectivity index (χ0) is 20.6. The second-order valence-electron chi connectivity index (χ2n) is 6.59. The topological polar surface area (TPSA) is 79.8 Å². The third-order valence-electron chi connectivity index (χ3n) is 3.96. The van der Waals surface area contributed by atoms with Crippen LogP contribution in [-0.4, -0.2) is 39.5 Å². The summed E-state index contributed by atoms with van der Waals surface area (Å²) < 4.78 is 41.1. The highest BCUT2D eigenvalue weighted by molar-refractivity contribution is 14.0. The lowest BCUT2D eigenvalue weighted by molar-refractivity contribution is 0.480. The van der Waals surface area contributed by atoms with Crippen LogP contribution in [0, 0.1) is 5.82 Å². The molecule has 2 rings (SSSR count). The summed E-state index contributed by atoms with van der Waals surface area (Å²) in [7, 11) is -1.31. The molecule has 1 atom stereocenters. The molecule has 0 aliphatic rings. The van der Waals surface area contributed by atoms with Crippen molar-refractivity contribution in [2.45, 2.75) is 25.9 Å². The summed E-state index contributed by atoms with van der Waals surface area (Å²) in [6, 6.07) is 13.4. The minimum Gasteiger partial charge on any atom is -0.457 e. The lowest BCUT2D eigenvalue weighted by Gasteiger charge is -2.17. The Bertz CT molecular complexity index is 888. The van der Waals surface area contributed by atoms with Gasteiger partial charge in [0.2, 0.25) is 0 Å². The molecule has 6 nitrogen and oxygen atoms in total. The highest BCUT2D eigenvalue weighted by Gasteiger charge is 2.09. The fraction of sp³-hybridized carbons (Fsp3) is 0.350. The summed E-state index contributed by atoms with van der Waals surface area (Å²) in [5, 5.41) is 6.37. The lowest BCUT2D eigenvalue weighted by atomic mass is 10.2. The number of benzene rings is 2. The van der Waals surface area contributed by atoms with Gasteiger partial charge in [0.05, 0.1) is 5.75 Å². The molecule has 0 aliphatic carbocycles. The van der Waals surface area contributed by atoms with E-state index in [-0.39, 0.29) is 41.6 Å². The summed E-state index contributed by atoms with van der Waals surface area (Å²) in [5.41, 5.74) is 1.03. The number of sulfone groups is 1. The molecule has 29 heavy (non-hydrogen) atoms. The molecule has 160 valence electrons. The van der Waals surface area contributed by atoms with Gasteiger partial charge in [0.1, 0.15) is 27.2 Å². The molecule has 0 amide bonds. The molecule has 0 saturated heterocycles. The number of ether oxygens (including phenoxy) is 1. The van der Waals surface area contributed by atoms with Gasteiger partial charge in [-0.1, -0.05) is 12.1 Å². The Balaban J connectivity index is 0.00000420. The quantitative estimate of drug-likeness (QED) is 0.306. The smallest absolute Gasteiger partial charge is 0.191 e. The van der Waals surface area contributed by atoms with Crippen LogP contribution in [0.1, 0.15) is 18.9 Å². The van der Waals surface area contributed by atoms with Gasteiger partial charge in [0, 0.05) is 25.9 Å². The average Bonchev–Trinajstić information content (AvgIpc) is 2.66. The van der Waals surface area contributed by atoms with Crippen molar-refractivity contribution in [2.24, 2.45) is 4.99 Å². The van der Waals surface area contributed by atoms with Crippen LogP contribution in [0.5, 0.6) is 11.5 Å². The third-order valence-corrected chi connectivity index (χ3v) is 4.94. The van der Waals surface area contributed by atoms with Crippen LogP contribution in [0.15, 0.2) is 53.5 Å². The fourth-order valence-electron chi connectivity index (χ4n) is 2.39. The highest BCUT2D eigenvalue weighted by Crippen LogP contribution is 2.21. The van der Waals surface area contributed by atoms with Crippen LogP contribution in [0.3, 0.4) is 0 Å². The largest absolute Gasteiger partial charge is 0.457 e.